The molecule has 0 heterocycles. The minimum Gasteiger partial charge on any atom is -0.491 e. The number of rotatable bonds is 12. The fraction of sp³-hybridized carbons (Fsp3) is 0.250. The minimum absolute atomic E-state index is 0.0238. The van der Waals surface area contributed by atoms with E-state index >= 15 is 0 Å². The Morgan fingerprint density at radius 1 is 0.548 bits per heavy atom. The molecule has 2 rings (SSSR count). The van der Waals surface area contributed by atoms with E-state index in [1.165, 1.54) is 48.5 Å². The van der Waals surface area contributed by atoms with E-state index in [4.69, 9.17) is 18.6 Å². The van der Waals surface area contributed by atoms with Crippen LogP contribution in [0, 0.1) is 0 Å². The van der Waals surface area contributed by atoms with E-state index in [1.807, 2.05) is 0 Å². The Morgan fingerprint density at radius 3 is 1.16 bits per heavy atom. The van der Waals surface area contributed by atoms with E-state index in [0.29, 0.717) is 0 Å². The first-order valence-electron chi connectivity index (χ1n) is 8.31. The van der Waals surface area contributed by atoms with Crippen LogP contribution in [0.4, 0.5) is 0 Å². The van der Waals surface area contributed by atoms with Gasteiger partial charge in [-0.2, -0.15) is 16.8 Å². The van der Waals surface area contributed by atoms with Crippen molar-refractivity contribution in [1.29, 1.82) is 0 Å². The van der Waals surface area contributed by atoms with Gasteiger partial charge in [-0.1, -0.05) is 0 Å². The highest BCUT2D eigenvalue weighted by Crippen LogP contribution is 2.25. The Labute approximate surface area is 179 Å². The van der Waals surface area contributed by atoms with Crippen molar-refractivity contribution in [2.75, 3.05) is 26.4 Å². The Kier molecular flexibility index (Phi) is 8.35. The first-order chi connectivity index (χ1) is 14.4. The lowest BCUT2D eigenvalue weighted by atomic mass is 10.3. The second-order valence-corrected chi connectivity index (χ2v) is 9.77. The van der Waals surface area contributed by atoms with Crippen LogP contribution < -0.4 is 9.47 Å². The van der Waals surface area contributed by atoms with Crippen molar-refractivity contribution < 1.29 is 52.2 Å². The highest BCUT2D eigenvalue weighted by Gasteiger charge is 2.18. The van der Waals surface area contributed by atoms with E-state index in [0.717, 1.165) is 0 Å². The van der Waals surface area contributed by atoms with E-state index in [-0.39, 0.29) is 34.5 Å². The molecule has 12 nitrogen and oxygen atoms in total. The van der Waals surface area contributed by atoms with Gasteiger partial charge >= 0.3 is 20.8 Å². The van der Waals surface area contributed by atoms with Crippen LogP contribution in [0.5, 0.6) is 11.5 Å². The molecular formula is C16H18O12S3. The molecule has 0 aromatic heterocycles. The molecule has 0 aliphatic rings. The van der Waals surface area contributed by atoms with Gasteiger partial charge in [0, 0.05) is 0 Å². The topological polar surface area (TPSA) is 180 Å². The van der Waals surface area contributed by atoms with Crippen molar-refractivity contribution in [3.05, 3.63) is 48.5 Å². The van der Waals surface area contributed by atoms with Crippen LogP contribution in [0.25, 0.3) is 0 Å². The van der Waals surface area contributed by atoms with Crippen LogP contribution in [-0.4, -0.2) is 60.8 Å². The summed E-state index contributed by atoms with van der Waals surface area (Å²) in [4.78, 5) is -0.0477. The summed E-state index contributed by atoms with van der Waals surface area (Å²) >= 11 is 0. The van der Waals surface area contributed by atoms with E-state index in [2.05, 4.69) is 8.37 Å². The molecule has 0 aliphatic heterocycles. The predicted octanol–water partition coefficient (Wildman–Crippen LogP) is 0.916. The van der Waals surface area contributed by atoms with Crippen molar-refractivity contribution in [3.63, 3.8) is 0 Å². The second kappa shape index (κ2) is 10.4. The molecule has 0 spiro atoms. The maximum atomic E-state index is 12.7. The summed E-state index contributed by atoms with van der Waals surface area (Å²) in [5.41, 5.74) is 0. The molecule has 0 fully saturated rings. The summed E-state index contributed by atoms with van der Waals surface area (Å²) < 4.78 is 102. The molecule has 2 aromatic carbocycles. The van der Waals surface area contributed by atoms with Crippen molar-refractivity contribution >= 4 is 30.6 Å². The largest absolute Gasteiger partial charge is 0.491 e. The number of ether oxygens (including phenoxy) is 2. The van der Waals surface area contributed by atoms with Gasteiger partial charge in [-0.05, 0) is 48.5 Å². The van der Waals surface area contributed by atoms with Gasteiger partial charge < -0.3 is 9.47 Å². The van der Waals surface area contributed by atoms with E-state index < -0.39 is 43.8 Å². The Hall–Kier alpha value is -2.27. The molecule has 31 heavy (non-hydrogen) atoms. The van der Waals surface area contributed by atoms with Gasteiger partial charge in [-0.25, -0.2) is 16.8 Å². The third-order valence-corrected chi connectivity index (χ3v) is 6.15. The van der Waals surface area contributed by atoms with Gasteiger partial charge in [-0.3, -0.25) is 9.11 Å². The molecule has 2 N–H and O–H groups in total. The third kappa shape index (κ3) is 8.78. The lowest BCUT2D eigenvalue weighted by Gasteiger charge is -2.09. The smallest absolute Gasteiger partial charge is 0.397 e. The number of hydrogen-bond acceptors (Lipinski definition) is 10. The molecule has 0 atom stereocenters. The maximum Gasteiger partial charge on any atom is 0.397 e. The van der Waals surface area contributed by atoms with Crippen molar-refractivity contribution in [1.82, 2.24) is 0 Å². The van der Waals surface area contributed by atoms with Gasteiger partial charge in [0.05, 0.1) is 9.79 Å². The molecule has 0 amide bonds. The number of sulfone groups is 1. The highest BCUT2D eigenvalue weighted by molar-refractivity contribution is 7.91. The first kappa shape index (κ1) is 25.0. The predicted molar refractivity (Wildman–Crippen MR) is 104 cm³/mol. The van der Waals surface area contributed by atoms with Gasteiger partial charge in [-0.15, -0.1) is 0 Å². The molecule has 0 saturated heterocycles. The Balaban J connectivity index is 1.95. The zero-order valence-corrected chi connectivity index (χ0v) is 18.1. The molecule has 0 unspecified atom stereocenters. The summed E-state index contributed by atoms with van der Waals surface area (Å²) in [6.07, 6.45) is 0. The lowest BCUT2D eigenvalue weighted by Crippen LogP contribution is -2.11. The average Bonchev–Trinajstić information content (AvgIpc) is 2.68. The Morgan fingerprint density at radius 2 is 0.871 bits per heavy atom. The van der Waals surface area contributed by atoms with Crippen LogP contribution in [0.1, 0.15) is 0 Å². The van der Waals surface area contributed by atoms with Crippen LogP contribution in [-0.2, 0) is 39.0 Å². The van der Waals surface area contributed by atoms with Crippen molar-refractivity contribution in [3.8, 4) is 11.5 Å². The second-order valence-electron chi connectivity index (χ2n) is 5.64. The third-order valence-electron chi connectivity index (χ3n) is 3.44. The van der Waals surface area contributed by atoms with Crippen LogP contribution in [0.15, 0.2) is 58.3 Å². The monoisotopic (exact) mass is 498 g/mol. The molecule has 0 saturated carbocycles. The zero-order chi connectivity index (χ0) is 23.1. The average molecular weight is 499 g/mol. The molecule has 15 heteroatoms. The summed E-state index contributed by atoms with van der Waals surface area (Å²) in [5, 5.41) is 0. The maximum absolute atomic E-state index is 12.7. The molecule has 0 radical (unpaired) electrons. The molecular weight excluding hydrogens is 480 g/mol. The molecule has 0 bridgehead atoms. The lowest BCUT2D eigenvalue weighted by molar-refractivity contribution is 0.201. The van der Waals surface area contributed by atoms with Gasteiger partial charge in [0.25, 0.3) is 0 Å². The minimum atomic E-state index is -4.56. The van der Waals surface area contributed by atoms with Crippen LogP contribution in [0.2, 0.25) is 0 Å². The highest BCUT2D eigenvalue weighted by atomic mass is 32.3. The molecule has 172 valence electrons. The SMILES string of the molecule is O=S(=O)(O)OCCOc1ccc(S(=O)(=O)c2ccc(OCCOS(=O)(=O)O)cc2)cc1. The van der Waals surface area contributed by atoms with Crippen LogP contribution >= 0.6 is 0 Å². The fourth-order valence-electron chi connectivity index (χ4n) is 2.16. The Bertz CT molecular complexity index is 1080. The van der Waals surface area contributed by atoms with Gasteiger partial charge in [0.2, 0.25) is 9.84 Å². The zero-order valence-electron chi connectivity index (χ0n) is 15.6. The van der Waals surface area contributed by atoms with Crippen molar-refractivity contribution in [2.45, 2.75) is 9.79 Å². The van der Waals surface area contributed by atoms with E-state index in [9.17, 15) is 25.3 Å². The first-order valence-corrected chi connectivity index (χ1v) is 12.5. The summed E-state index contributed by atoms with van der Waals surface area (Å²) in [6, 6.07) is 10.7. The number of benzene rings is 2. The molecule has 0 aliphatic carbocycles. The number of hydrogen-bond donors (Lipinski definition) is 2. The standard InChI is InChI=1S/C16H18O12S3/c17-29(18,15-5-1-13(2-6-15)25-9-11-27-30(19,20)21)16-7-3-14(4-8-16)26-10-12-28-31(22,23)24/h1-8H,9-12H2,(H,19,20,21)(H,22,23,24). The van der Waals surface area contributed by atoms with Gasteiger partial charge in [0.1, 0.15) is 37.9 Å². The fourth-order valence-corrected chi connectivity index (χ4v) is 3.98. The van der Waals surface area contributed by atoms with E-state index in [1.54, 1.807) is 0 Å². The molecule has 2 aromatic rings. The van der Waals surface area contributed by atoms with Crippen molar-refractivity contribution in [2.24, 2.45) is 0 Å². The quantitative estimate of drug-likeness (QED) is 0.312. The summed E-state index contributed by atoms with van der Waals surface area (Å²) in [6.45, 7) is -1.23. The normalized spacial score (nSPS) is 12.5. The summed E-state index contributed by atoms with van der Waals surface area (Å²) in [7, 11) is -13.0. The van der Waals surface area contributed by atoms with Crippen LogP contribution in [0.3, 0.4) is 0 Å². The summed E-state index contributed by atoms with van der Waals surface area (Å²) in [5.74, 6) is 0.516. The van der Waals surface area contributed by atoms with Gasteiger partial charge in [0.15, 0.2) is 0 Å².